The molecule has 0 aliphatic carbocycles. The summed E-state index contributed by atoms with van der Waals surface area (Å²) in [4.78, 5) is 13.2. The molecule has 0 amide bonds. The van der Waals surface area contributed by atoms with E-state index in [-0.39, 0.29) is 40.8 Å². The van der Waals surface area contributed by atoms with Gasteiger partial charge in [-0.1, -0.05) is 29.4 Å². The summed E-state index contributed by atoms with van der Waals surface area (Å²) < 4.78 is 12.2. The van der Waals surface area contributed by atoms with Crippen molar-refractivity contribution in [3.63, 3.8) is 0 Å². The first-order chi connectivity index (χ1) is 17.0. The predicted octanol–water partition coefficient (Wildman–Crippen LogP) is 6.93. The Kier molecular flexibility index (Phi) is 6.90. The zero-order chi connectivity index (χ0) is 26.2. The minimum Gasteiger partial charge on any atom is -0.506 e. The van der Waals surface area contributed by atoms with Crippen LogP contribution in [0, 0.1) is 0 Å². The van der Waals surface area contributed by atoms with Crippen molar-refractivity contribution in [3.8, 4) is 28.7 Å². The largest absolute Gasteiger partial charge is 0.506 e. The molecule has 0 spiro atoms. The highest BCUT2D eigenvalue weighted by atomic mass is 16.5. The van der Waals surface area contributed by atoms with Crippen molar-refractivity contribution in [1.82, 2.24) is 0 Å². The molecule has 190 valence electrons. The number of aromatic hydroxyl groups is 3. The average molecular weight is 491 g/mol. The van der Waals surface area contributed by atoms with Gasteiger partial charge in [-0.15, -0.1) is 0 Å². The lowest BCUT2D eigenvalue weighted by Crippen LogP contribution is -2.28. The van der Waals surface area contributed by atoms with Crippen molar-refractivity contribution in [2.45, 2.75) is 72.0 Å². The van der Waals surface area contributed by atoms with Crippen LogP contribution in [0.15, 0.2) is 47.6 Å². The number of benzene rings is 2. The smallest absolute Gasteiger partial charge is 0.174 e. The lowest BCUT2D eigenvalue weighted by atomic mass is 9.89. The second-order valence-electron chi connectivity index (χ2n) is 10.4. The Labute approximate surface area is 212 Å². The van der Waals surface area contributed by atoms with Gasteiger partial charge in [-0.05, 0) is 72.1 Å². The van der Waals surface area contributed by atoms with Gasteiger partial charge in [0.1, 0.15) is 34.5 Å². The van der Waals surface area contributed by atoms with Crippen LogP contribution in [0.2, 0.25) is 0 Å². The van der Waals surface area contributed by atoms with E-state index >= 15 is 0 Å². The van der Waals surface area contributed by atoms with Crippen LogP contribution >= 0.6 is 0 Å². The topological polar surface area (TPSA) is 96.2 Å². The number of allylic oxidation sites excluding steroid dienone is 4. The minimum atomic E-state index is -0.685. The van der Waals surface area contributed by atoms with Gasteiger partial charge in [0, 0.05) is 17.2 Å². The number of carbonyl (C=O) groups excluding carboxylic acids is 1. The van der Waals surface area contributed by atoms with Crippen LogP contribution in [-0.2, 0) is 6.42 Å². The Balaban J connectivity index is 1.67. The van der Waals surface area contributed by atoms with Gasteiger partial charge >= 0.3 is 0 Å². The van der Waals surface area contributed by atoms with E-state index in [9.17, 15) is 20.1 Å². The van der Waals surface area contributed by atoms with Crippen LogP contribution < -0.4 is 9.47 Å². The van der Waals surface area contributed by atoms with Gasteiger partial charge in [0.25, 0.3) is 0 Å². The van der Waals surface area contributed by atoms with Gasteiger partial charge in [-0.25, -0.2) is 0 Å². The zero-order valence-electron chi connectivity index (χ0n) is 21.5. The molecule has 1 atom stereocenters. The first kappa shape index (κ1) is 25.4. The molecule has 2 heterocycles. The van der Waals surface area contributed by atoms with Crippen molar-refractivity contribution >= 4 is 11.9 Å². The maximum atomic E-state index is 13.2. The fraction of sp³-hybridized carbons (Fsp3) is 0.367. The summed E-state index contributed by atoms with van der Waals surface area (Å²) >= 11 is 0. The highest BCUT2D eigenvalue weighted by molar-refractivity contribution is 6.04. The standard InChI is InChI=1S/C30H34O6/c1-17(2)7-6-8-18(3)9-10-20-19(11-12-22(31)28(20)33)24-15-23(32)27-26(35-24)16-25-21(29(27)34)13-14-30(4,5)36-25/h7,9,11-14,16,24,31,33-34H,6,8,10,15H2,1-5H3/b18-9+/t24-/m0/s1. The van der Waals surface area contributed by atoms with E-state index in [0.29, 0.717) is 28.9 Å². The van der Waals surface area contributed by atoms with Gasteiger partial charge in [0.05, 0.1) is 12.0 Å². The van der Waals surface area contributed by atoms with Crippen molar-refractivity contribution < 1.29 is 29.6 Å². The maximum absolute atomic E-state index is 13.2. The molecule has 2 aliphatic rings. The first-order valence-corrected chi connectivity index (χ1v) is 12.3. The Hall–Kier alpha value is -3.67. The number of rotatable bonds is 6. The van der Waals surface area contributed by atoms with Crippen LogP contribution in [0.1, 0.15) is 87.0 Å². The molecule has 36 heavy (non-hydrogen) atoms. The molecule has 0 fully saturated rings. The maximum Gasteiger partial charge on any atom is 0.174 e. The second kappa shape index (κ2) is 9.76. The van der Waals surface area contributed by atoms with Gasteiger partial charge < -0.3 is 24.8 Å². The number of carbonyl (C=O) groups is 1. The molecule has 0 saturated heterocycles. The van der Waals surface area contributed by atoms with E-state index in [4.69, 9.17) is 9.47 Å². The summed E-state index contributed by atoms with van der Waals surface area (Å²) in [6.07, 6.45) is 9.32. The zero-order valence-corrected chi connectivity index (χ0v) is 21.5. The van der Waals surface area contributed by atoms with Gasteiger partial charge in [-0.2, -0.15) is 0 Å². The number of phenols is 3. The quantitative estimate of drug-likeness (QED) is 0.300. The Bertz CT molecular complexity index is 1290. The van der Waals surface area contributed by atoms with Crippen molar-refractivity contribution in [2.24, 2.45) is 0 Å². The molecule has 3 N–H and O–H groups in total. The SMILES string of the molecule is CC(C)=CCC/C(C)=C/Cc1c([C@@H]2CC(=O)c3c(cc4c(c3O)C=CC(C)(C)O4)O2)ccc(O)c1O. The fourth-order valence-corrected chi connectivity index (χ4v) is 4.61. The Morgan fingerprint density at radius 3 is 2.56 bits per heavy atom. The van der Waals surface area contributed by atoms with Crippen LogP contribution in [0.5, 0.6) is 28.7 Å². The average Bonchev–Trinajstić information content (AvgIpc) is 2.78. The molecule has 0 radical (unpaired) electrons. The minimum absolute atomic E-state index is 0.00407. The molecule has 2 aliphatic heterocycles. The summed E-state index contributed by atoms with van der Waals surface area (Å²) in [5.41, 5.74) is 3.61. The highest BCUT2D eigenvalue weighted by Gasteiger charge is 2.36. The molecular formula is C30H34O6. The van der Waals surface area contributed by atoms with Crippen molar-refractivity contribution in [3.05, 3.63) is 69.8 Å². The van der Waals surface area contributed by atoms with E-state index in [1.54, 1.807) is 18.2 Å². The summed E-state index contributed by atoms with van der Waals surface area (Å²) in [5.74, 6) is -0.165. The van der Waals surface area contributed by atoms with Crippen LogP contribution in [0.4, 0.5) is 0 Å². The number of ketones is 1. The summed E-state index contributed by atoms with van der Waals surface area (Å²) in [6.45, 7) is 9.98. The molecule has 0 saturated carbocycles. The van der Waals surface area contributed by atoms with E-state index in [1.807, 2.05) is 32.9 Å². The van der Waals surface area contributed by atoms with E-state index in [2.05, 4.69) is 19.9 Å². The van der Waals surface area contributed by atoms with Crippen molar-refractivity contribution in [2.75, 3.05) is 0 Å². The van der Waals surface area contributed by atoms with Crippen LogP contribution in [0.25, 0.3) is 6.08 Å². The molecule has 0 aromatic heterocycles. The monoisotopic (exact) mass is 490 g/mol. The van der Waals surface area contributed by atoms with Crippen LogP contribution in [0.3, 0.4) is 0 Å². The highest BCUT2D eigenvalue weighted by Crippen LogP contribution is 2.48. The number of Topliss-reactive ketones (excluding diaryl/α,β-unsaturated/α-hetero) is 1. The Morgan fingerprint density at radius 2 is 1.83 bits per heavy atom. The molecule has 0 unspecified atom stereocenters. The summed E-state index contributed by atoms with van der Waals surface area (Å²) in [7, 11) is 0. The van der Waals surface area contributed by atoms with Gasteiger partial charge in [-0.3, -0.25) is 4.79 Å². The lowest BCUT2D eigenvalue weighted by Gasteiger charge is -2.32. The van der Waals surface area contributed by atoms with E-state index in [0.717, 1.165) is 18.4 Å². The molecule has 2 aromatic carbocycles. The molecular weight excluding hydrogens is 456 g/mol. The number of ether oxygens (including phenoxy) is 2. The predicted molar refractivity (Wildman–Crippen MR) is 140 cm³/mol. The van der Waals surface area contributed by atoms with Gasteiger partial charge in [0.15, 0.2) is 17.3 Å². The van der Waals surface area contributed by atoms with E-state index in [1.165, 1.54) is 11.6 Å². The first-order valence-electron chi connectivity index (χ1n) is 12.3. The van der Waals surface area contributed by atoms with Gasteiger partial charge in [0.2, 0.25) is 0 Å². The molecule has 4 rings (SSSR count). The third-order valence-corrected chi connectivity index (χ3v) is 6.60. The number of hydrogen-bond donors (Lipinski definition) is 3. The summed E-state index contributed by atoms with van der Waals surface area (Å²) in [5, 5.41) is 31.7. The Morgan fingerprint density at radius 1 is 1.08 bits per heavy atom. The normalized spacial score (nSPS) is 18.1. The van der Waals surface area contributed by atoms with Crippen LogP contribution in [-0.4, -0.2) is 26.7 Å². The third-order valence-electron chi connectivity index (χ3n) is 6.60. The number of fused-ring (bicyclic) bond motifs is 2. The summed E-state index contributed by atoms with van der Waals surface area (Å²) in [6, 6.07) is 4.73. The fourth-order valence-electron chi connectivity index (χ4n) is 4.61. The number of phenolic OH excluding ortho intramolecular Hbond substituents is 3. The molecule has 0 bridgehead atoms. The lowest BCUT2D eigenvalue weighted by molar-refractivity contribution is 0.0841. The molecule has 2 aromatic rings. The molecule has 6 heteroatoms. The number of hydrogen-bond acceptors (Lipinski definition) is 6. The molecule has 6 nitrogen and oxygen atoms in total. The van der Waals surface area contributed by atoms with E-state index < -0.39 is 11.7 Å². The second-order valence-corrected chi connectivity index (χ2v) is 10.4. The third kappa shape index (κ3) is 5.13. The van der Waals surface area contributed by atoms with Crippen molar-refractivity contribution in [1.29, 1.82) is 0 Å².